The van der Waals surface area contributed by atoms with Gasteiger partial charge >= 0.3 is 0 Å². The molecule has 7 heteroatoms. The van der Waals surface area contributed by atoms with Crippen molar-refractivity contribution in [2.45, 2.75) is 0 Å². The van der Waals surface area contributed by atoms with Gasteiger partial charge in [-0.25, -0.2) is 5.43 Å². The highest BCUT2D eigenvalue weighted by Crippen LogP contribution is 2.28. The molecule has 3 aromatic rings. The molecule has 0 bridgehead atoms. The van der Waals surface area contributed by atoms with E-state index in [2.05, 4.69) is 10.5 Å². The monoisotopic (exact) mass is 402 g/mol. The van der Waals surface area contributed by atoms with Gasteiger partial charge in [-0.2, -0.15) is 5.10 Å². The number of nitrogens with one attached hydrogen (secondary N) is 1. The molecule has 0 saturated carbocycles. The molecule has 1 N–H and O–H groups in total. The van der Waals surface area contributed by atoms with E-state index in [0.717, 1.165) is 22.1 Å². The molecule has 0 radical (unpaired) electrons. The first-order valence-electron chi connectivity index (χ1n) is 8.04. The molecule has 138 valence electrons. The van der Waals surface area contributed by atoms with Crippen molar-refractivity contribution in [3.63, 3.8) is 0 Å². The number of carbonyl (C=O) groups excluding carboxylic acids is 1. The number of fused-ring (bicyclic) bond motifs is 1. The first-order chi connectivity index (χ1) is 13.1. The minimum absolute atomic E-state index is 0.220. The third kappa shape index (κ3) is 4.70. The van der Waals surface area contributed by atoms with Crippen LogP contribution in [0.2, 0.25) is 10.0 Å². The first kappa shape index (κ1) is 19.0. The zero-order valence-electron chi connectivity index (χ0n) is 14.4. The number of halogens is 2. The third-order valence-corrected chi connectivity index (χ3v) is 4.31. The van der Waals surface area contributed by atoms with E-state index in [1.54, 1.807) is 31.5 Å². The molecule has 0 saturated heterocycles. The number of hydrogen-bond acceptors (Lipinski definition) is 4. The van der Waals surface area contributed by atoms with Crippen molar-refractivity contribution in [1.82, 2.24) is 5.43 Å². The molecule has 0 heterocycles. The highest BCUT2D eigenvalue weighted by Gasteiger charge is 2.07. The van der Waals surface area contributed by atoms with Gasteiger partial charge in [0.15, 0.2) is 6.61 Å². The summed E-state index contributed by atoms with van der Waals surface area (Å²) in [5.41, 5.74) is 3.29. The number of methoxy groups -OCH3 is 1. The molecule has 0 aliphatic rings. The molecule has 5 nitrogen and oxygen atoms in total. The highest BCUT2D eigenvalue weighted by atomic mass is 35.5. The van der Waals surface area contributed by atoms with Crippen LogP contribution in [0.25, 0.3) is 10.8 Å². The van der Waals surface area contributed by atoms with Crippen LogP contribution in [0.3, 0.4) is 0 Å². The summed E-state index contributed by atoms with van der Waals surface area (Å²) >= 11 is 11.8. The highest BCUT2D eigenvalue weighted by molar-refractivity contribution is 6.35. The Morgan fingerprint density at radius 3 is 2.56 bits per heavy atom. The third-order valence-electron chi connectivity index (χ3n) is 3.78. The van der Waals surface area contributed by atoms with Gasteiger partial charge < -0.3 is 9.47 Å². The van der Waals surface area contributed by atoms with Crippen molar-refractivity contribution in [3.8, 4) is 11.5 Å². The lowest BCUT2D eigenvalue weighted by Gasteiger charge is -2.08. The quantitative estimate of drug-likeness (QED) is 0.480. The molecule has 0 spiro atoms. The predicted molar refractivity (Wildman–Crippen MR) is 108 cm³/mol. The zero-order valence-corrected chi connectivity index (χ0v) is 15.9. The van der Waals surface area contributed by atoms with Gasteiger partial charge in [0, 0.05) is 16.0 Å². The molecule has 0 atom stereocenters. The summed E-state index contributed by atoms with van der Waals surface area (Å²) in [4.78, 5) is 11.9. The Bertz CT molecular complexity index is 1010. The molecule has 3 aromatic carbocycles. The maximum Gasteiger partial charge on any atom is 0.277 e. The van der Waals surface area contributed by atoms with Gasteiger partial charge in [-0.15, -0.1) is 0 Å². The second-order valence-corrected chi connectivity index (χ2v) is 6.40. The summed E-state index contributed by atoms with van der Waals surface area (Å²) in [6, 6.07) is 16.3. The van der Waals surface area contributed by atoms with Crippen molar-refractivity contribution in [1.29, 1.82) is 0 Å². The summed E-state index contributed by atoms with van der Waals surface area (Å²) in [5.74, 6) is 0.747. The van der Waals surface area contributed by atoms with Gasteiger partial charge in [-0.3, -0.25) is 4.79 Å². The molecule has 0 fully saturated rings. The number of amides is 1. The van der Waals surface area contributed by atoms with Crippen LogP contribution in [0.5, 0.6) is 11.5 Å². The summed E-state index contributed by atoms with van der Waals surface area (Å²) in [6.07, 6.45) is 1.58. The van der Waals surface area contributed by atoms with E-state index >= 15 is 0 Å². The Morgan fingerprint density at radius 1 is 1.07 bits per heavy atom. The van der Waals surface area contributed by atoms with E-state index in [4.69, 9.17) is 32.7 Å². The van der Waals surface area contributed by atoms with E-state index in [1.807, 2.05) is 36.4 Å². The second-order valence-electron chi connectivity index (χ2n) is 5.56. The summed E-state index contributed by atoms with van der Waals surface area (Å²) in [7, 11) is 1.63. The number of benzene rings is 3. The minimum Gasteiger partial charge on any atom is -0.496 e. The number of ether oxygens (including phenoxy) is 2. The molecule has 1 amide bonds. The number of hydrogen-bond donors (Lipinski definition) is 1. The van der Waals surface area contributed by atoms with Crippen molar-refractivity contribution >= 4 is 46.1 Å². The van der Waals surface area contributed by atoms with E-state index < -0.39 is 5.91 Å². The molecular formula is C20H16Cl2N2O3. The van der Waals surface area contributed by atoms with Gasteiger partial charge in [-0.1, -0.05) is 47.5 Å². The average Bonchev–Trinajstić information content (AvgIpc) is 2.67. The number of carbonyl (C=O) groups is 1. The minimum atomic E-state index is -0.407. The van der Waals surface area contributed by atoms with Crippen LogP contribution in [-0.4, -0.2) is 25.8 Å². The van der Waals surface area contributed by atoms with E-state index in [-0.39, 0.29) is 6.61 Å². The van der Waals surface area contributed by atoms with Gasteiger partial charge in [0.25, 0.3) is 5.91 Å². The molecular weight excluding hydrogens is 387 g/mol. The van der Waals surface area contributed by atoms with Crippen LogP contribution in [0.4, 0.5) is 0 Å². The standard InChI is InChI=1S/C20H16Cl2N2O3/c1-26-18-8-6-13(15-4-2-3-5-16(15)18)11-23-24-20(25)12-27-19-9-7-14(21)10-17(19)22/h2-11H,12H2,1H3,(H,24,25)/b23-11-. The van der Waals surface area contributed by atoms with E-state index in [0.29, 0.717) is 15.8 Å². The summed E-state index contributed by atoms with van der Waals surface area (Å²) < 4.78 is 10.7. The van der Waals surface area contributed by atoms with E-state index in [9.17, 15) is 4.79 Å². The van der Waals surface area contributed by atoms with Gasteiger partial charge in [0.05, 0.1) is 18.3 Å². The zero-order chi connectivity index (χ0) is 19.2. The van der Waals surface area contributed by atoms with Gasteiger partial charge in [0.2, 0.25) is 0 Å². The van der Waals surface area contributed by atoms with Crippen LogP contribution in [0, 0.1) is 0 Å². The van der Waals surface area contributed by atoms with Crippen LogP contribution >= 0.6 is 23.2 Å². The molecule has 0 aromatic heterocycles. The summed E-state index contributed by atoms with van der Waals surface area (Å²) in [6.45, 7) is -0.220. The maximum absolute atomic E-state index is 11.9. The topological polar surface area (TPSA) is 59.9 Å². The molecule has 27 heavy (non-hydrogen) atoms. The molecule has 0 aliphatic carbocycles. The van der Waals surface area contributed by atoms with Crippen LogP contribution < -0.4 is 14.9 Å². The smallest absolute Gasteiger partial charge is 0.277 e. The maximum atomic E-state index is 11.9. The SMILES string of the molecule is COc1ccc(/C=N\NC(=O)COc2ccc(Cl)cc2Cl)c2ccccc12. The molecule has 0 unspecified atom stereocenters. The Morgan fingerprint density at radius 2 is 1.81 bits per heavy atom. The van der Waals surface area contributed by atoms with Crippen molar-refractivity contribution in [2.24, 2.45) is 5.10 Å². The van der Waals surface area contributed by atoms with Crippen LogP contribution in [0.1, 0.15) is 5.56 Å². The van der Waals surface area contributed by atoms with Crippen LogP contribution in [0.15, 0.2) is 59.7 Å². The van der Waals surface area contributed by atoms with Crippen LogP contribution in [-0.2, 0) is 4.79 Å². The largest absolute Gasteiger partial charge is 0.496 e. The Hall–Kier alpha value is -2.76. The average molecular weight is 403 g/mol. The molecule has 0 aliphatic heterocycles. The summed E-state index contributed by atoms with van der Waals surface area (Å²) in [5, 5.41) is 6.77. The lowest BCUT2D eigenvalue weighted by atomic mass is 10.0. The van der Waals surface area contributed by atoms with Gasteiger partial charge in [0.1, 0.15) is 11.5 Å². The van der Waals surface area contributed by atoms with Crippen molar-refractivity contribution in [3.05, 3.63) is 70.2 Å². The number of nitrogens with zero attached hydrogens (tertiary/aromatic N) is 1. The molecule has 3 rings (SSSR count). The fraction of sp³-hybridized carbons (Fsp3) is 0.100. The van der Waals surface area contributed by atoms with Crippen molar-refractivity contribution < 1.29 is 14.3 Å². The first-order valence-corrected chi connectivity index (χ1v) is 8.79. The van der Waals surface area contributed by atoms with Crippen molar-refractivity contribution in [2.75, 3.05) is 13.7 Å². The lowest BCUT2D eigenvalue weighted by Crippen LogP contribution is -2.24. The normalized spacial score (nSPS) is 10.9. The second kappa shape index (κ2) is 8.75. The fourth-order valence-corrected chi connectivity index (χ4v) is 2.99. The Labute approximate surface area is 166 Å². The Balaban J connectivity index is 1.64. The fourth-order valence-electron chi connectivity index (χ4n) is 2.53. The number of rotatable bonds is 6. The lowest BCUT2D eigenvalue weighted by molar-refractivity contribution is -0.123. The predicted octanol–water partition coefficient (Wildman–Crippen LogP) is 4.68. The number of hydrazone groups is 1. The Kier molecular flexibility index (Phi) is 6.16. The van der Waals surface area contributed by atoms with E-state index in [1.165, 1.54) is 0 Å². The van der Waals surface area contributed by atoms with Gasteiger partial charge in [-0.05, 0) is 35.7 Å².